The molecule has 0 aromatic heterocycles. The van der Waals surface area contributed by atoms with Gasteiger partial charge in [-0.1, -0.05) is 97.1 Å². The molecule has 1 heterocycles. The lowest BCUT2D eigenvalue weighted by atomic mass is 9.46. The zero-order chi connectivity index (χ0) is 53.7. The average molecular weight is 1060 g/mol. The Morgan fingerprint density at radius 3 is 1.99 bits per heavy atom. The first kappa shape index (κ1) is 63.5. The highest BCUT2D eigenvalue weighted by Gasteiger charge is 2.57. The summed E-state index contributed by atoms with van der Waals surface area (Å²) in [7, 11) is 0. The molecule has 5 aliphatic rings. The first-order valence-corrected chi connectivity index (χ1v) is 30.7. The molecule has 3 amide bonds. The number of amides is 3. The van der Waals surface area contributed by atoms with Gasteiger partial charge in [-0.25, -0.2) is 4.79 Å². The van der Waals surface area contributed by atoms with Crippen LogP contribution in [0.25, 0.3) is 0 Å². The summed E-state index contributed by atoms with van der Waals surface area (Å²) in [4.78, 5) is 38.0. The minimum atomic E-state index is -1.49. The van der Waals surface area contributed by atoms with Crippen molar-refractivity contribution in [3.05, 3.63) is 12.2 Å². The highest BCUT2D eigenvalue weighted by atomic mass is 16.7. The van der Waals surface area contributed by atoms with Crippen LogP contribution in [0, 0.1) is 46.8 Å². The van der Waals surface area contributed by atoms with E-state index in [0.717, 1.165) is 68.6 Å². The molecule has 434 valence electrons. The highest BCUT2D eigenvalue weighted by Crippen LogP contribution is 2.64. The number of hydrogen-bond acceptors (Lipinski definition) is 12. The zero-order valence-electron chi connectivity index (χ0n) is 47.1. The fraction of sp³-hybridized carbons (Fsp3) is 0.917. The summed E-state index contributed by atoms with van der Waals surface area (Å²) in [6, 6.07) is 0. The van der Waals surface area contributed by atoms with Crippen LogP contribution in [-0.4, -0.2) is 134 Å². The predicted molar refractivity (Wildman–Crippen MR) is 293 cm³/mol. The highest BCUT2D eigenvalue weighted by molar-refractivity contribution is 5.76. The number of alkyl carbamates (subject to hydrolysis) is 1. The van der Waals surface area contributed by atoms with Gasteiger partial charge in [0, 0.05) is 32.5 Å². The summed E-state index contributed by atoms with van der Waals surface area (Å²) in [6.45, 7) is 9.71. The van der Waals surface area contributed by atoms with Crippen molar-refractivity contribution in [1.29, 1.82) is 0 Å². The Morgan fingerprint density at radius 1 is 0.640 bits per heavy atom. The molecular formula is C60H107N3O12. The molecule has 4 aliphatic carbocycles. The van der Waals surface area contributed by atoms with Gasteiger partial charge in [0.15, 0.2) is 6.29 Å². The lowest BCUT2D eigenvalue weighted by Crippen LogP contribution is -2.59. The normalized spacial score (nSPS) is 30.8. The first-order chi connectivity index (χ1) is 36.5. The molecule has 15 heteroatoms. The maximum Gasteiger partial charge on any atom is 0.407 e. The number of hydrogen-bond donors (Lipinski definition) is 7. The van der Waals surface area contributed by atoms with Gasteiger partial charge in [-0.15, -0.1) is 0 Å². The second kappa shape index (κ2) is 36.0. The van der Waals surface area contributed by atoms with E-state index in [1.54, 1.807) is 0 Å². The van der Waals surface area contributed by atoms with Crippen molar-refractivity contribution in [1.82, 2.24) is 16.0 Å². The molecule has 0 bridgehead atoms. The minimum Gasteiger partial charge on any atom is -0.446 e. The molecule has 75 heavy (non-hydrogen) atoms. The van der Waals surface area contributed by atoms with Crippen LogP contribution in [0.2, 0.25) is 0 Å². The second-order valence-corrected chi connectivity index (χ2v) is 23.7. The molecule has 15 nitrogen and oxygen atoms in total. The minimum absolute atomic E-state index is 0.0212. The third-order valence-electron chi connectivity index (χ3n) is 18.5. The molecule has 14 atom stereocenters. The van der Waals surface area contributed by atoms with Crippen LogP contribution < -0.4 is 16.0 Å². The molecule has 0 aromatic carbocycles. The number of rotatable bonds is 38. The lowest BCUT2D eigenvalue weighted by Gasteiger charge is -2.59. The van der Waals surface area contributed by atoms with E-state index in [1.807, 2.05) is 0 Å². The van der Waals surface area contributed by atoms with Gasteiger partial charge in [0.05, 0.1) is 39.6 Å². The fourth-order valence-corrected chi connectivity index (χ4v) is 14.1. The van der Waals surface area contributed by atoms with E-state index in [4.69, 9.17) is 23.7 Å². The number of carbonyl (C=O) groups excluding carboxylic acids is 3. The van der Waals surface area contributed by atoms with Crippen LogP contribution in [0.4, 0.5) is 4.79 Å². The molecule has 5 fully saturated rings. The summed E-state index contributed by atoms with van der Waals surface area (Å²) >= 11 is 0. The molecule has 0 radical (unpaired) electrons. The van der Waals surface area contributed by atoms with Gasteiger partial charge in [0.25, 0.3) is 0 Å². The smallest absolute Gasteiger partial charge is 0.407 e. The van der Waals surface area contributed by atoms with Crippen molar-refractivity contribution in [3.8, 4) is 0 Å². The number of allylic oxidation sites excluding steroid dienone is 2. The number of aliphatic hydroxyl groups excluding tert-OH is 4. The molecule has 1 saturated heterocycles. The van der Waals surface area contributed by atoms with E-state index in [9.17, 15) is 34.8 Å². The molecule has 1 aliphatic heterocycles. The number of fused-ring (bicyclic) bond motifs is 5. The van der Waals surface area contributed by atoms with Crippen LogP contribution in [0.3, 0.4) is 0 Å². The Labute approximate surface area is 452 Å². The van der Waals surface area contributed by atoms with Gasteiger partial charge in [-0.2, -0.15) is 0 Å². The van der Waals surface area contributed by atoms with Crippen LogP contribution in [0.15, 0.2) is 12.2 Å². The quantitative estimate of drug-likeness (QED) is 0.0228. The summed E-state index contributed by atoms with van der Waals surface area (Å²) in [5, 5.41) is 48.0. The maximum absolute atomic E-state index is 12.9. The number of aliphatic hydroxyl groups is 4. The summed E-state index contributed by atoms with van der Waals surface area (Å²) in [5.74, 6) is 5.24. The third kappa shape index (κ3) is 21.7. The summed E-state index contributed by atoms with van der Waals surface area (Å²) in [6.07, 6.45) is 31.5. The molecule has 5 rings (SSSR count). The van der Waals surface area contributed by atoms with Crippen LogP contribution in [-0.2, 0) is 33.3 Å². The molecule has 0 aromatic rings. The zero-order valence-corrected chi connectivity index (χ0v) is 47.1. The number of carbonyl (C=O) groups is 3. The van der Waals surface area contributed by atoms with Crippen molar-refractivity contribution in [3.63, 3.8) is 0 Å². The Bertz CT molecular complexity index is 1600. The van der Waals surface area contributed by atoms with Crippen molar-refractivity contribution in [2.75, 3.05) is 59.3 Å². The van der Waals surface area contributed by atoms with Crippen molar-refractivity contribution in [2.45, 2.75) is 244 Å². The Hall–Kier alpha value is -2.37. The van der Waals surface area contributed by atoms with Gasteiger partial charge in [0.2, 0.25) is 11.8 Å². The molecular weight excluding hydrogens is 955 g/mol. The number of unbranched alkanes of at least 4 members (excludes halogenated alkanes) is 14. The van der Waals surface area contributed by atoms with Gasteiger partial charge in [-0.05, 0) is 156 Å². The average Bonchev–Trinajstić information content (AvgIpc) is 3.85. The van der Waals surface area contributed by atoms with E-state index in [1.165, 1.54) is 128 Å². The van der Waals surface area contributed by atoms with E-state index in [0.29, 0.717) is 75.5 Å². The van der Waals surface area contributed by atoms with Crippen molar-refractivity contribution >= 4 is 17.9 Å². The van der Waals surface area contributed by atoms with Crippen LogP contribution >= 0.6 is 0 Å². The van der Waals surface area contributed by atoms with Gasteiger partial charge >= 0.3 is 6.09 Å². The largest absolute Gasteiger partial charge is 0.446 e. The standard InChI is InChI=1S/C60H107N3O12/c1-4-5-6-7-8-9-10-11-12-13-14-15-16-17-18-21-35-63-59(70)74-46-32-33-60(3)45(42-46)25-26-50-49-28-27-47(48(49)29-30-51(50)60)44(2)24-31-54(66)61-34-22-19-20-23-53(65)62-36-37-71-38-39-72-40-41-73-58-57(69)56(68)55(67)52(43-64)75-58/h11-12,44-52,55-58,64,67-69H,4-10,13-43H2,1-3H3,(H,61,66)(H,62,65)(H,63,70)/b12-11-/t44-,45?,46-,47?,48?,49?,50?,51?,52?,55-,56?,57?,58+,60+/m1/s1. The molecule has 9 unspecified atom stereocenters. The number of nitrogens with one attached hydrogen (secondary N) is 3. The summed E-state index contributed by atoms with van der Waals surface area (Å²) < 4.78 is 27.7. The maximum atomic E-state index is 12.9. The SMILES string of the molecule is CCCCCCCC/C=C\CCCCCCCCNC(=O)O[C@@H]1CC[C@@]2(C)C(CCC3C4CCC([C@H](C)CCC(=O)NCCCCCC(=O)NCCOCCOCCO[C@H]5OC(CO)[C@@H](O)C(O)C5O)C4CCC32)C1. The van der Waals surface area contributed by atoms with E-state index >= 15 is 0 Å². The Morgan fingerprint density at radius 2 is 1.25 bits per heavy atom. The predicted octanol–water partition coefficient (Wildman–Crippen LogP) is 9.45. The van der Waals surface area contributed by atoms with Gasteiger partial charge < -0.3 is 60.1 Å². The molecule has 0 spiro atoms. The van der Waals surface area contributed by atoms with Gasteiger partial charge in [-0.3, -0.25) is 9.59 Å². The van der Waals surface area contributed by atoms with Crippen molar-refractivity contribution < 1.29 is 58.5 Å². The molecule has 4 saturated carbocycles. The second-order valence-electron chi connectivity index (χ2n) is 23.7. The Kier molecular flexibility index (Phi) is 30.5. The lowest BCUT2D eigenvalue weighted by molar-refractivity contribution is -0.302. The topological polar surface area (TPSA) is 214 Å². The number of ether oxygens (including phenoxy) is 5. The van der Waals surface area contributed by atoms with Crippen molar-refractivity contribution in [2.24, 2.45) is 46.8 Å². The van der Waals surface area contributed by atoms with Gasteiger partial charge in [0.1, 0.15) is 30.5 Å². The van der Waals surface area contributed by atoms with Crippen LogP contribution in [0.5, 0.6) is 0 Å². The molecule has 7 N–H and O–H groups in total. The first-order valence-electron chi connectivity index (χ1n) is 30.7. The monoisotopic (exact) mass is 1060 g/mol. The fourth-order valence-electron chi connectivity index (χ4n) is 14.1. The van der Waals surface area contributed by atoms with E-state index < -0.39 is 37.3 Å². The summed E-state index contributed by atoms with van der Waals surface area (Å²) in [5.41, 5.74) is 0.351. The third-order valence-corrected chi connectivity index (χ3v) is 18.5. The van der Waals surface area contributed by atoms with Crippen LogP contribution in [0.1, 0.15) is 207 Å². The Balaban J connectivity index is 0.820. The van der Waals surface area contributed by atoms with E-state index in [2.05, 4.69) is 48.9 Å². The van der Waals surface area contributed by atoms with E-state index in [-0.39, 0.29) is 37.2 Å².